The topological polar surface area (TPSA) is 46.5 Å². The van der Waals surface area contributed by atoms with Crippen LogP contribution in [0.2, 0.25) is 0 Å². The summed E-state index contributed by atoms with van der Waals surface area (Å²) in [7, 11) is 1.59. The molecule has 0 radical (unpaired) electrons. The van der Waals surface area contributed by atoms with Crippen molar-refractivity contribution in [3.05, 3.63) is 77.9 Å². The van der Waals surface area contributed by atoms with Crippen LogP contribution >= 0.6 is 0 Å². The third kappa shape index (κ3) is 2.96. The first kappa shape index (κ1) is 17.3. The Hall–Kier alpha value is -3.17. The van der Waals surface area contributed by atoms with Crippen molar-refractivity contribution in [2.75, 3.05) is 13.7 Å². The predicted octanol–water partition coefficient (Wildman–Crippen LogP) is 5.02. The van der Waals surface area contributed by atoms with E-state index in [1.807, 2.05) is 30.3 Å². The maximum Gasteiger partial charge on any atom is 0.153 e. The number of aldehydes is 1. The van der Waals surface area contributed by atoms with Crippen molar-refractivity contribution in [3.63, 3.8) is 0 Å². The van der Waals surface area contributed by atoms with Gasteiger partial charge in [-0.15, -0.1) is 0 Å². The van der Waals surface area contributed by atoms with E-state index in [1.54, 1.807) is 13.2 Å². The van der Waals surface area contributed by atoms with Gasteiger partial charge in [-0.05, 0) is 51.7 Å². The molecule has 27 heavy (non-hydrogen) atoms. The molecule has 4 rings (SSSR count). The summed E-state index contributed by atoms with van der Waals surface area (Å²) in [6.45, 7) is 0.0281. The number of rotatable bonds is 5. The molecule has 0 fully saturated rings. The fourth-order valence-corrected chi connectivity index (χ4v) is 3.79. The molecule has 0 heterocycles. The van der Waals surface area contributed by atoms with Gasteiger partial charge in [0.15, 0.2) is 6.29 Å². The second-order valence-electron chi connectivity index (χ2n) is 6.55. The van der Waals surface area contributed by atoms with Gasteiger partial charge in [-0.25, -0.2) is 0 Å². The van der Waals surface area contributed by atoms with Crippen LogP contribution in [0.25, 0.3) is 32.7 Å². The summed E-state index contributed by atoms with van der Waals surface area (Å²) < 4.78 is 5.66. The Kier molecular flexibility index (Phi) is 4.61. The number of hydrogen-bond donors (Lipinski definition) is 1. The Bertz CT molecular complexity index is 1090. The number of fused-ring (bicyclic) bond motifs is 2. The van der Waals surface area contributed by atoms with Gasteiger partial charge in [-0.3, -0.25) is 4.79 Å². The molecule has 0 aliphatic rings. The second kappa shape index (κ2) is 7.22. The van der Waals surface area contributed by atoms with E-state index in [9.17, 15) is 9.90 Å². The fraction of sp³-hybridized carbons (Fsp3) is 0.125. The van der Waals surface area contributed by atoms with Crippen LogP contribution in [0, 0.1) is 0 Å². The van der Waals surface area contributed by atoms with Gasteiger partial charge in [0.1, 0.15) is 5.75 Å². The molecule has 4 aromatic rings. The standard InChI is InChI=1S/C24H20O3/c1-27-24-19(15-26)12-16(10-11-25)13-22(24)23-20-8-4-2-6-17(20)14-18-7-3-5-9-21(18)23/h2-9,12-15,25H,10-11H2,1H3. The highest BCUT2D eigenvalue weighted by Gasteiger charge is 2.17. The van der Waals surface area contributed by atoms with Crippen molar-refractivity contribution in [3.8, 4) is 16.9 Å². The molecule has 3 heteroatoms. The Morgan fingerprint density at radius 3 is 2.11 bits per heavy atom. The molecule has 0 unspecified atom stereocenters. The third-order valence-electron chi connectivity index (χ3n) is 4.95. The van der Waals surface area contributed by atoms with Gasteiger partial charge in [0.2, 0.25) is 0 Å². The molecule has 0 saturated heterocycles. The summed E-state index contributed by atoms with van der Waals surface area (Å²) in [6.07, 6.45) is 1.30. The highest BCUT2D eigenvalue weighted by molar-refractivity contribution is 6.14. The molecule has 0 amide bonds. The maximum absolute atomic E-state index is 11.7. The van der Waals surface area contributed by atoms with E-state index in [0.29, 0.717) is 17.7 Å². The number of carbonyl (C=O) groups is 1. The third-order valence-corrected chi connectivity index (χ3v) is 4.95. The largest absolute Gasteiger partial charge is 0.495 e. The van der Waals surface area contributed by atoms with E-state index >= 15 is 0 Å². The van der Waals surface area contributed by atoms with E-state index in [2.05, 4.69) is 30.3 Å². The van der Waals surface area contributed by atoms with Gasteiger partial charge in [-0.1, -0.05) is 48.5 Å². The highest BCUT2D eigenvalue weighted by Crippen LogP contribution is 2.42. The predicted molar refractivity (Wildman–Crippen MR) is 110 cm³/mol. The fourth-order valence-electron chi connectivity index (χ4n) is 3.79. The minimum Gasteiger partial charge on any atom is -0.495 e. The molecule has 0 saturated carbocycles. The molecule has 0 aromatic heterocycles. The zero-order chi connectivity index (χ0) is 18.8. The monoisotopic (exact) mass is 356 g/mol. The van der Waals surface area contributed by atoms with Crippen molar-refractivity contribution in [2.24, 2.45) is 0 Å². The molecule has 0 aliphatic heterocycles. The van der Waals surface area contributed by atoms with Crippen LogP contribution in [0.4, 0.5) is 0 Å². The molecule has 0 aliphatic carbocycles. The van der Waals surface area contributed by atoms with E-state index in [-0.39, 0.29) is 6.61 Å². The quantitative estimate of drug-likeness (QED) is 0.404. The van der Waals surface area contributed by atoms with Crippen LogP contribution < -0.4 is 4.74 Å². The van der Waals surface area contributed by atoms with Crippen LogP contribution in [0.3, 0.4) is 0 Å². The molecule has 0 spiro atoms. The first-order valence-electron chi connectivity index (χ1n) is 8.94. The molecule has 0 atom stereocenters. The number of aliphatic hydroxyl groups excluding tert-OH is 1. The van der Waals surface area contributed by atoms with Crippen molar-refractivity contribution in [1.82, 2.24) is 0 Å². The summed E-state index contributed by atoms with van der Waals surface area (Å²) >= 11 is 0. The lowest BCUT2D eigenvalue weighted by molar-refractivity contribution is 0.112. The van der Waals surface area contributed by atoms with Crippen LogP contribution in [-0.4, -0.2) is 25.1 Å². The number of aliphatic hydroxyl groups is 1. The lowest BCUT2D eigenvalue weighted by atomic mass is 9.89. The summed E-state index contributed by atoms with van der Waals surface area (Å²) in [4.78, 5) is 11.7. The van der Waals surface area contributed by atoms with Crippen LogP contribution in [0.15, 0.2) is 66.7 Å². The lowest BCUT2D eigenvalue weighted by Gasteiger charge is -2.17. The average molecular weight is 356 g/mol. The number of methoxy groups -OCH3 is 1. The summed E-state index contributed by atoms with van der Waals surface area (Å²) in [6, 6.07) is 22.5. The lowest BCUT2D eigenvalue weighted by Crippen LogP contribution is -1.99. The summed E-state index contributed by atoms with van der Waals surface area (Å²) in [5, 5.41) is 13.9. The van der Waals surface area contributed by atoms with Gasteiger partial charge in [0.05, 0.1) is 12.7 Å². The minimum atomic E-state index is 0.0281. The van der Waals surface area contributed by atoms with Crippen molar-refractivity contribution < 1.29 is 14.6 Å². The molecule has 3 nitrogen and oxygen atoms in total. The van der Waals surface area contributed by atoms with E-state index < -0.39 is 0 Å². The first-order valence-corrected chi connectivity index (χ1v) is 8.94. The Balaban J connectivity index is 2.18. The van der Waals surface area contributed by atoms with Gasteiger partial charge in [-0.2, -0.15) is 0 Å². The maximum atomic E-state index is 11.7. The minimum absolute atomic E-state index is 0.0281. The van der Waals surface area contributed by atoms with E-state index in [4.69, 9.17) is 4.74 Å². The number of benzene rings is 4. The van der Waals surface area contributed by atoms with E-state index in [1.165, 1.54) is 0 Å². The molecular weight excluding hydrogens is 336 g/mol. The van der Waals surface area contributed by atoms with Gasteiger partial charge in [0.25, 0.3) is 0 Å². The van der Waals surface area contributed by atoms with Crippen molar-refractivity contribution in [2.45, 2.75) is 6.42 Å². The molecule has 4 aromatic carbocycles. The van der Waals surface area contributed by atoms with Crippen molar-refractivity contribution >= 4 is 27.8 Å². The number of ether oxygens (including phenoxy) is 1. The smallest absolute Gasteiger partial charge is 0.153 e. The first-order chi connectivity index (χ1) is 13.3. The molecule has 0 bridgehead atoms. The Morgan fingerprint density at radius 1 is 0.926 bits per heavy atom. The SMILES string of the molecule is COc1c(C=O)cc(CCO)cc1-c1c2ccccc2cc2ccccc12. The Morgan fingerprint density at radius 2 is 1.56 bits per heavy atom. The van der Waals surface area contributed by atoms with Gasteiger partial charge < -0.3 is 9.84 Å². The van der Waals surface area contributed by atoms with Crippen LogP contribution in [-0.2, 0) is 6.42 Å². The highest BCUT2D eigenvalue weighted by atomic mass is 16.5. The van der Waals surface area contributed by atoms with Crippen molar-refractivity contribution in [1.29, 1.82) is 0 Å². The average Bonchev–Trinajstić information content (AvgIpc) is 2.71. The summed E-state index contributed by atoms with van der Waals surface area (Å²) in [5.74, 6) is 0.563. The zero-order valence-electron chi connectivity index (χ0n) is 15.1. The van der Waals surface area contributed by atoms with Crippen LogP contribution in [0.5, 0.6) is 5.75 Å². The summed E-state index contributed by atoms with van der Waals surface area (Å²) in [5.41, 5.74) is 3.32. The molecule has 134 valence electrons. The number of carbonyl (C=O) groups excluding carboxylic acids is 1. The molecular formula is C24H20O3. The molecule has 1 N–H and O–H groups in total. The van der Waals surface area contributed by atoms with Gasteiger partial charge >= 0.3 is 0 Å². The van der Waals surface area contributed by atoms with Crippen LogP contribution in [0.1, 0.15) is 15.9 Å². The van der Waals surface area contributed by atoms with Gasteiger partial charge in [0, 0.05) is 17.7 Å². The zero-order valence-corrected chi connectivity index (χ0v) is 15.1. The normalized spacial score (nSPS) is 11.0. The second-order valence-corrected chi connectivity index (χ2v) is 6.55. The van der Waals surface area contributed by atoms with E-state index in [0.717, 1.165) is 44.5 Å². The Labute approximate surface area is 157 Å². The number of hydrogen-bond acceptors (Lipinski definition) is 3.